The molecule has 0 saturated carbocycles. The zero-order valence-electron chi connectivity index (χ0n) is 13.9. The quantitative estimate of drug-likeness (QED) is 0.583. The van der Waals surface area contributed by atoms with Gasteiger partial charge in [-0.1, -0.05) is 40.2 Å². The highest BCUT2D eigenvalue weighted by molar-refractivity contribution is 9.10. The van der Waals surface area contributed by atoms with E-state index < -0.39 is 18.0 Å². The molecule has 6 heteroatoms. The molecule has 0 aliphatic carbocycles. The normalized spacial score (nSPS) is 11.8. The molecule has 1 N–H and O–H groups in total. The Kier molecular flexibility index (Phi) is 6.77. The van der Waals surface area contributed by atoms with Crippen LogP contribution in [0.15, 0.2) is 59.1 Å². The third-order valence-corrected chi connectivity index (χ3v) is 3.84. The van der Waals surface area contributed by atoms with Gasteiger partial charge in [0.25, 0.3) is 5.91 Å². The Hall–Kier alpha value is -2.60. The van der Waals surface area contributed by atoms with E-state index in [2.05, 4.69) is 21.2 Å². The average molecular weight is 404 g/mol. The molecule has 25 heavy (non-hydrogen) atoms. The van der Waals surface area contributed by atoms with Crippen molar-refractivity contribution in [1.29, 1.82) is 0 Å². The van der Waals surface area contributed by atoms with Crippen LogP contribution in [0.1, 0.15) is 12.5 Å². The number of benzene rings is 2. The fourth-order valence-corrected chi connectivity index (χ4v) is 2.25. The first kappa shape index (κ1) is 18.7. The molecule has 0 aliphatic heterocycles. The molecule has 0 spiro atoms. The van der Waals surface area contributed by atoms with E-state index in [9.17, 15) is 9.59 Å². The molecule has 2 aromatic carbocycles. The summed E-state index contributed by atoms with van der Waals surface area (Å²) in [5.41, 5.74) is 1.37. The summed E-state index contributed by atoms with van der Waals surface area (Å²) in [6.45, 7) is 1.51. The van der Waals surface area contributed by atoms with Gasteiger partial charge in [-0.15, -0.1) is 0 Å². The molecule has 0 fully saturated rings. The molecule has 5 nitrogen and oxygen atoms in total. The van der Waals surface area contributed by atoms with Gasteiger partial charge in [0, 0.05) is 10.5 Å². The number of halogens is 1. The van der Waals surface area contributed by atoms with Crippen molar-refractivity contribution in [2.75, 3.05) is 12.4 Å². The van der Waals surface area contributed by atoms with Crippen LogP contribution < -0.4 is 10.1 Å². The summed E-state index contributed by atoms with van der Waals surface area (Å²) < 4.78 is 11.2. The molecule has 130 valence electrons. The van der Waals surface area contributed by atoms with Gasteiger partial charge in [-0.25, -0.2) is 4.79 Å². The van der Waals surface area contributed by atoms with Crippen LogP contribution in [0.5, 0.6) is 5.75 Å². The Bertz CT molecular complexity index is 771. The third kappa shape index (κ3) is 5.76. The SMILES string of the molecule is COc1ccccc1NC(=O)[C@@H](C)OC(=O)/C=C/c1ccc(Br)cc1. The molecule has 0 aliphatic rings. The van der Waals surface area contributed by atoms with Gasteiger partial charge in [0.2, 0.25) is 0 Å². The van der Waals surface area contributed by atoms with Crippen LogP contribution in [0, 0.1) is 0 Å². The van der Waals surface area contributed by atoms with Crippen LogP contribution in [0.3, 0.4) is 0 Å². The largest absolute Gasteiger partial charge is 0.495 e. The van der Waals surface area contributed by atoms with Crippen molar-refractivity contribution in [2.24, 2.45) is 0 Å². The highest BCUT2D eigenvalue weighted by atomic mass is 79.9. The second-order valence-corrected chi connectivity index (χ2v) is 6.07. The maximum absolute atomic E-state index is 12.2. The van der Waals surface area contributed by atoms with Crippen LogP contribution in [-0.4, -0.2) is 25.1 Å². The molecule has 0 aromatic heterocycles. The number of methoxy groups -OCH3 is 1. The van der Waals surface area contributed by atoms with E-state index in [0.29, 0.717) is 11.4 Å². The van der Waals surface area contributed by atoms with Crippen molar-refractivity contribution < 1.29 is 19.1 Å². The maximum Gasteiger partial charge on any atom is 0.331 e. The first-order valence-electron chi connectivity index (χ1n) is 7.57. The number of hydrogen-bond acceptors (Lipinski definition) is 4. The Morgan fingerprint density at radius 2 is 1.80 bits per heavy atom. The smallest absolute Gasteiger partial charge is 0.331 e. The number of rotatable bonds is 6. The van der Waals surface area contributed by atoms with Crippen LogP contribution in [-0.2, 0) is 14.3 Å². The van der Waals surface area contributed by atoms with E-state index in [1.165, 1.54) is 20.1 Å². The summed E-state index contributed by atoms with van der Waals surface area (Å²) in [7, 11) is 1.52. The van der Waals surface area contributed by atoms with Crippen LogP contribution >= 0.6 is 15.9 Å². The zero-order valence-corrected chi connectivity index (χ0v) is 15.4. The minimum absolute atomic E-state index is 0.435. The van der Waals surface area contributed by atoms with E-state index >= 15 is 0 Å². The second kappa shape index (κ2) is 9.03. The van der Waals surface area contributed by atoms with Crippen molar-refractivity contribution >= 4 is 39.6 Å². The zero-order chi connectivity index (χ0) is 18.2. The third-order valence-electron chi connectivity index (χ3n) is 3.31. The number of carbonyl (C=O) groups excluding carboxylic acids is 2. The Balaban J connectivity index is 1.91. The predicted molar refractivity (Wildman–Crippen MR) is 100 cm³/mol. The van der Waals surface area contributed by atoms with E-state index in [0.717, 1.165) is 10.0 Å². The monoisotopic (exact) mass is 403 g/mol. The van der Waals surface area contributed by atoms with Crippen molar-refractivity contribution in [2.45, 2.75) is 13.0 Å². The Labute approximate surface area is 154 Å². The summed E-state index contributed by atoms with van der Waals surface area (Å²) in [6, 6.07) is 14.5. The molecule has 2 rings (SSSR count). The van der Waals surface area contributed by atoms with E-state index in [-0.39, 0.29) is 0 Å². The topological polar surface area (TPSA) is 64.6 Å². The van der Waals surface area contributed by atoms with Gasteiger partial charge in [-0.05, 0) is 42.8 Å². The highest BCUT2D eigenvalue weighted by Crippen LogP contribution is 2.23. The molecule has 0 unspecified atom stereocenters. The first-order chi connectivity index (χ1) is 12.0. The number of para-hydroxylation sites is 2. The lowest BCUT2D eigenvalue weighted by molar-refractivity contribution is -0.148. The molecular formula is C19H18BrNO4. The number of carbonyl (C=O) groups is 2. The van der Waals surface area contributed by atoms with Gasteiger partial charge in [-0.2, -0.15) is 0 Å². The van der Waals surface area contributed by atoms with Crippen LogP contribution in [0.25, 0.3) is 6.08 Å². The number of esters is 1. The van der Waals surface area contributed by atoms with Crippen molar-refractivity contribution in [3.05, 3.63) is 64.6 Å². The van der Waals surface area contributed by atoms with Crippen LogP contribution in [0.4, 0.5) is 5.69 Å². The summed E-state index contributed by atoms with van der Waals surface area (Å²) in [4.78, 5) is 24.0. The van der Waals surface area contributed by atoms with E-state index in [4.69, 9.17) is 9.47 Å². The molecule has 1 amide bonds. The predicted octanol–water partition coefficient (Wildman–Crippen LogP) is 4.04. The lowest BCUT2D eigenvalue weighted by Crippen LogP contribution is -2.29. The molecule has 0 heterocycles. The fraction of sp³-hybridized carbons (Fsp3) is 0.158. The summed E-state index contributed by atoms with van der Waals surface area (Å²) >= 11 is 3.34. The molecule has 2 aromatic rings. The fourth-order valence-electron chi connectivity index (χ4n) is 1.99. The number of hydrogen-bond donors (Lipinski definition) is 1. The van der Waals surface area contributed by atoms with Gasteiger partial charge in [0.1, 0.15) is 5.75 Å². The lowest BCUT2D eigenvalue weighted by Gasteiger charge is -2.14. The minimum atomic E-state index is -0.938. The summed E-state index contributed by atoms with van der Waals surface area (Å²) in [5.74, 6) is -0.495. The first-order valence-corrected chi connectivity index (χ1v) is 8.37. The molecule has 0 saturated heterocycles. The minimum Gasteiger partial charge on any atom is -0.495 e. The summed E-state index contributed by atoms with van der Waals surface area (Å²) in [6.07, 6.45) is 1.97. The van der Waals surface area contributed by atoms with E-state index in [1.54, 1.807) is 30.3 Å². The second-order valence-electron chi connectivity index (χ2n) is 5.15. The molecule has 0 radical (unpaired) electrons. The van der Waals surface area contributed by atoms with Crippen molar-refractivity contribution in [3.8, 4) is 5.75 Å². The molecular weight excluding hydrogens is 386 g/mol. The average Bonchev–Trinajstić information content (AvgIpc) is 2.61. The van der Waals surface area contributed by atoms with Gasteiger partial charge in [-0.3, -0.25) is 4.79 Å². The molecule has 0 bridgehead atoms. The lowest BCUT2D eigenvalue weighted by atomic mass is 10.2. The van der Waals surface area contributed by atoms with Crippen molar-refractivity contribution in [1.82, 2.24) is 0 Å². The summed E-state index contributed by atoms with van der Waals surface area (Å²) in [5, 5.41) is 2.68. The molecule has 1 atom stereocenters. The van der Waals surface area contributed by atoms with Gasteiger partial charge < -0.3 is 14.8 Å². The Morgan fingerprint density at radius 3 is 2.48 bits per heavy atom. The van der Waals surface area contributed by atoms with E-state index in [1.807, 2.05) is 24.3 Å². The van der Waals surface area contributed by atoms with Gasteiger partial charge >= 0.3 is 5.97 Å². The number of nitrogens with one attached hydrogen (secondary N) is 1. The number of amides is 1. The number of anilines is 1. The Morgan fingerprint density at radius 1 is 1.12 bits per heavy atom. The van der Waals surface area contributed by atoms with Crippen LogP contribution in [0.2, 0.25) is 0 Å². The van der Waals surface area contributed by atoms with Gasteiger partial charge in [0.15, 0.2) is 6.10 Å². The van der Waals surface area contributed by atoms with Crippen molar-refractivity contribution in [3.63, 3.8) is 0 Å². The maximum atomic E-state index is 12.2. The number of ether oxygens (including phenoxy) is 2. The highest BCUT2D eigenvalue weighted by Gasteiger charge is 2.17. The van der Waals surface area contributed by atoms with Gasteiger partial charge in [0.05, 0.1) is 12.8 Å². The standard InChI is InChI=1S/C19H18BrNO4/c1-13(19(23)21-16-5-3-4-6-17(16)24-2)25-18(22)12-9-14-7-10-15(20)11-8-14/h3-13H,1-2H3,(H,21,23)/b12-9+/t13-/m1/s1.